The van der Waals surface area contributed by atoms with Crippen LogP contribution in [0, 0.1) is 0 Å². The summed E-state index contributed by atoms with van der Waals surface area (Å²) in [5.41, 5.74) is -0.487. The van der Waals surface area contributed by atoms with Gasteiger partial charge in [0.05, 0.1) is 0 Å². The van der Waals surface area contributed by atoms with Crippen LogP contribution in [-0.2, 0) is 4.74 Å². The van der Waals surface area contributed by atoms with E-state index in [1.165, 1.54) is 0 Å². The Balaban J connectivity index is 1.88. The number of alkyl carbamates (subject to hydrolysis) is 1. The second kappa shape index (κ2) is 8.03. The first-order valence-electron chi connectivity index (χ1n) is 7.72. The van der Waals surface area contributed by atoms with Crippen molar-refractivity contribution in [2.45, 2.75) is 32.8 Å². The molecule has 1 aromatic heterocycles. The molecule has 0 atom stereocenters. The van der Waals surface area contributed by atoms with Crippen molar-refractivity contribution < 1.29 is 9.53 Å². The molecule has 0 radical (unpaired) electrons. The van der Waals surface area contributed by atoms with E-state index in [2.05, 4.69) is 31.5 Å². The van der Waals surface area contributed by atoms with E-state index in [4.69, 9.17) is 16.3 Å². The summed E-state index contributed by atoms with van der Waals surface area (Å²) in [5, 5.41) is 8.43. The lowest BCUT2D eigenvalue weighted by atomic mass is 10.1. The van der Waals surface area contributed by atoms with Crippen LogP contribution >= 0.6 is 27.5 Å². The third-order valence-electron chi connectivity index (χ3n) is 3.10. The van der Waals surface area contributed by atoms with Crippen molar-refractivity contribution in [3.63, 3.8) is 0 Å². The third-order valence-corrected chi connectivity index (χ3v) is 3.99. The van der Waals surface area contributed by atoms with Crippen molar-refractivity contribution in [2.75, 3.05) is 18.4 Å². The van der Waals surface area contributed by atoms with Crippen LogP contribution in [0.3, 0.4) is 0 Å². The number of halogens is 2. The van der Waals surface area contributed by atoms with Gasteiger partial charge in [-0.25, -0.2) is 9.78 Å². The Morgan fingerprint density at radius 2 is 2.04 bits per heavy atom. The van der Waals surface area contributed by atoms with Crippen LogP contribution in [0.25, 0.3) is 10.8 Å². The maximum absolute atomic E-state index is 11.6. The highest BCUT2D eigenvalue weighted by atomic mass is 79.9. The number of anilines is 1. The Morgan fingerprint density at radius 1 is 1.29 bits per heavy atom. The van der Waals surface area contributed by atoms with Crippen molar-refractivity contribution in [1.82, 2.24) is 10.3 Å². The fourth-order valence-electron chi connectivity index (χ4n) is 2.14. The van der Waals surface area contributed by atoms with Gasteiger partial charge in [0.25, 0.3) is 0 Å². The number of ether oxygens (including phenoxy) is 1. The standard InChI is InChI=1S/C17H21BrClN3O2/c1-17(2,3)24-16(23)21-9-5-8-20-15-11-6-4-7-13(18)12(11)10-14(19)22-15/h4,6-7,10H,5,8-9H2,1-3H3,(H,20,22)(H,21,23). The second-order valence-corrected chi connectivity index (χ2v) is 7.58. The molecule has 0 spiro atoms. The molecule has 2 rings (SSSR count). The van der Waals surface area contributed by atoms with Gasteiger partial charge in [-0.2, -0.15) is 0 Å². The van der Waals surface area contributed by atoms with Crippen molar-refractivity contribution in [1.29, 1.82) is 0 Å². The number of benzene rings is 1. The molecule has 5 nitrogen and oxygen atoms in total. The smallest absolute Gasteiger partial charge is 0.407 e. The fourth-order valence-corrected chi connectivity index (χ4v) is 2.82. The molecule has 1 aromatic carbocycles. The average Bonchev–Trinajstić information content (AvgIpc) is 2.46. The number of carbonyl (C=O) groups is 1. The van der Waals surface area contributed by atoms with Gasteiger partial charge >= 0.3 is 6.09 Å². The Kier molecular flexibility index (Phi) is 6.29. The first-order chi connectivity index (χ1) is 11.3. The van der Waals surface area contributed by atoms with Crippen LogP contribution < -0.4 is 10.6 Å². The van der Waals surface area contributed by atoms with E-state index in [0.717, 1.165) is 27.5 Å². The van der Waals surface area contributed by atoms with Gasteiger partial charge in [0.1, 0.15) is 16.6 Å². The molecular weight excluding hydrogens is 394 g/mol. The van der Waals surface area contributed by atoms with E-state index in [0.29, 0.717) is 18.2 Å². The van der Waals surface area contributed by atoms with Gasteiger partial charge in [0.2, 0.25) is 0 Å². The summed E-state index contributed by atoms with van der Waals surface area (Å²) in [7, 11) is 0. The molecule has 0 bridgehead atoms. The quantitative estimate of drug-likeness (QED) is 0.535. The van der Waals surface area contributed by atoms with Crippen LogP contribution in [0.15, 0.2) is 28.7 Å². The molecule has 0 saturated carbocycles. The summed E-state index contributed by atoms with van der Waals surface area (Å²) >= 11 is 9.62. The van der Waals surface area contributed by atoms with Gasteiger partial charge in [0.15, 0.2) is 0 Å². The Bertz CT molecular complexity index is 732. The largest absolute Gasteiger partial charge is 0.444 e. The van der Waals surface area contributed by atoms with Crippen LogP contribution in [-0.4, -0.2) is 29.8 Å². The van der Waals surface area contributed by atoms with Crippen LogP contribution in [0.2, 0.25) is 5.15 Å². The molecule has 0 saturated heterocycles. The Labute approximate surface area is 155 Å². The fraction of sp³-hybridized carbons (Fsp3) is 0.412. The van der Waals surface area contributed by atoms with Crippen LogP contribution in [0.5, 0.6) is 0 Å². The molecular formula is C17H21BrClN3O2. The number of aromatic nitrogens is 1. The maximum Gasteiger partial charge on any atom is 0.407 e. The van der Waals surface area contributed by atoms with Crippen molar-refractivity contribution >= 4 is 50.2 Å². The molecule has 2 aromatic rings. The maximum atomic E-state index is 11.6. The molecule has 0 aliphatic rings. The Morgan fingerprint density at radius 3 is 2.75 bits per heavy atom. The van der Waals surface area contributed by atoms with Gasteiger partial charge < -0.3 is 15.4 Å². The summed E-state index contributed by atoms with van der Waals surface area (Å²) in [6.45, 7) is 6.68. The minimum atomic E-state index is -0.487. The molecule has 2 N–H and O–H groups in total. The lowest BCUT2D eigenvalue weighted by Gasteiger charge is -2.19. The number of nitrogens with one attached hydrogen (secondary N) is 2. The molecule has 0 aliphatic carbocycles. The van der Waals surface area contributed by atoms with Crippen molar-refractivity contribution in [2.24, 2.45) is 0 Å². The molecule has 24 heavy (non-hydrogen) atoms. The SMILES string of the molecule is CC(C)(C)OC(=O)NCCCNc1nc(Cl)cc2c(Br)cccc12. The lowest BCUT2D eigenvalue weighted by molar-refractivity contribution is 0.0528. The predicted molar refractivity (Wildman–Crippen MR) is 102 cm³/mol. The number of fused-ring (bicyclic) bond motifs is 1. The summed E-state index contributed by atoms with van der Waals surface area (Å²) in [5.74, 6) is 0.732. The molecule has 0 fully saturated rings. The zero-order valence-corrected chi connectivity index (χ0v) is 16.3. The van der Waals surface area contributed by atoms with E-state index >= 15 is 0 Å². The zero-order valence-electron chi connectivity index (χ0n) is 14.0. The van der Waals surface area contributed by atoms with Gasteiger partial charge in [-0.3, -0.25) is 0 Å². The normalized spacial score (nSPS) is 11.4. The van der Waals surface area contributed by atoms with E-state index in [1.54, 1.807) is 0 Å². The second-order valence-electron chi connectivity index (χ2n) is 6.34. The topological polar surface area (TPSA) is 63.2 Å². The van der Waals surface area contributed by atoms with Gasteiger partial charge in [-0.05, 0) is 39.3 Å². The van der Waals surface area contributed by atoms with Crippen LogP contribution in [0.4, 0.5) is 10.6 Å². The summed E-state index contributed by atoms with van der Waals surface area (Å²) in [4.78, 5) is 15.9. The molecule has 1 amide bonds. The molecule has 1 heterocycles. The number of hydrogen-bond acceptors (Lipinski definition) is 4. The average molecular weight is 415 g/mol. The van der Waals surface area contributed by atoms with Gasteiger partial charge in [-0.15, -0.1) is 0 Å². The van der Waals surface area contributed by atoms with E-state index in [1.807, 2.05) is 45.0 Å². The van der Waals surface area contributed by atoms with E-state index in [9.17, 15) is 4.79 Å². The van der Waals surface area contributed by atoms with Gasteiger partial charge in [-0.1, -0.05) is 39.7 Å². The summed E-state index contributed by atoms with van der Waals surface area (Å²) in [6, 6.07) is 7.74. The Hall–Kier alpha value is -1.53. The highest BCUT2D eigenvalue weighted by Crippen LogP contribution is 2.30. The number of hydrogen-bond donors (Lipinski definition) is 2. The van der Waals surface area contributed by atoms with E-state index in [-0.39, 0.29) is 0 Å². The first-order valence-corrected chi connectivity index (χ1v) is 8.89. The minimum absolute atomic E-state index is 0.405. The summed E-state index contributed by atoms with van der Waals surface area (Å²) < 4.78 is 6.15. The minimum Gasteiger partial charge on any atom is -0.444 e. The first kappa shape index (κ1) is 18.8. The van der Waals surface area contributed by atoms with Crippen molar-refractivity contribution in [3.05, 3.63) is 33.9 Å². The molecule has 0 unspecified atom stereocenters. The number of pyridine rings is 1. The number of carbonyl (C=O) groups excluding carboxylic acids is 1. The zero-order chi connectivity index (χ0) is 17.7. The summed E-state index contributed by atoms with van der Waals surface area (Å²) in [6.07, 6.45) is 0.334. The van der Waals surface area contributed by atoms with Crippen LogP contribution in [0.1, 0.15) is 27.2 Å². The molecule has 0 aliphatic heterocycles. The number of amides is 1. The molecule has 7 heteroatoms. The monoisotopic (exact) mass is 413 g/mol. The predicted octanol–water partition coefficient (Wildman–Crippen LogP) is 4.98. The third kappa shape index (κ3) is 5.53. The van der Waals surface area contributed by atoms with Crippen molar-refractivity contribution in [3.8, 4) is 0 Å². The van der Waals surface area contributed by atoms with E-state index < -0.39 is 11.7 Å². The lowest BCUT2D eigenvalue weighted by Crippen LogP contribution is -2.33. The highest BCUT2D eigenvalue weighted by molar-refractivity contribution is 9.10. The number of rotatable bonds is 5. The number of nitrogens with zero attached hydrogens (tertiary/aromatic N) is 1. The highest BCUT2D eigenvalue weighted by Gasteiger charge is 2.15. The molecule has 130 valence electrons. The van der Waals surface area contributed by atoms with Gasteiger partial charge in [0, 0.05) is 28.3 Å².